The first-order valence-corrected chi connectivity index (χ1v) is 6.27. The van der Waals surface area contributed by atoms with Gasteiger partial charge in [0.15, 0.2) is 0 Å². The van der Waals surface area contributed by atoms with Gasteiger partial charge in [0.25, 0.3) is 0 Å². The summed E-state index contributed by atoms with van der Waals surface area (Å²) in [5.74, 6) is -0.777. The van der Waals surface area contributed by atoms with Crippen LogP contribution in [0.2, 0.25) is 0 Å². The Morgan fingerprint density at radius 1 is 1.65 bits per heavy atom. The largest absolute Gasteiger partial charge is 0.480 e. The minimum absolute atomic E-state index is 0.0336. The van der Waals surface area contributed by atoms with Gasteiger partial charge in [-0.05, 0) is 12.8 Å². The number of carbonyl (C=O) groups is 1. The molecule has 0 saturated carbocycles. The fourth-order valence-corrected chi connectivity index (χ4v) is 2.53. The van der Waals surface area contributed by atoms with Gasteiger partial charge in [0.05, 0.1) is 4.92 Å². The summed E-state index contributed by atoms with van der Waals surface area (Å²) in [4.78, 5) is 23.6. The SMILES string of the molecule is CCc1nn(C)c(N2CCC(N)(C(=O)O)C2)c1[N+](=O)[O-]. The van der Waals surface area contributed by atoms with Gasteiger partial charge in [0.2, 0.25) is 5.82 Å². The van der Waals surface area contributed by atoms with Crippen LogP contribution < -0.4 is 10.6 Å². The van der Waals surface area contributed by atoms with Crippen LogP contribution in [0.4, 0.5) is 11.5 Å². The van der Waals surface area contributed by atoms with E-state index in [1.54, 1.807) is 18.9 Å². The summed E-state index contributed by atoms with van der Waals surface area (Å²) in [5.41, 5.74) is 4.76. The number of nitro groups is 1. The number of aromatic nitrogens is 2. The molecular weight excluding hydrogens is 266 g/mol. The standard InChI is InChI=1S/C11H17N5O4/c1-3-7-8(16(19)20)9(14(2)13-7)15-5-4-11(12,6-15)10(17)18/h3-6,12H2,1-2H3,(H,17,18). The number of aryl methyl sites for hydroxylation is 2. The van der Waals surface area contributed by atoms with Crippen molar-refractivity contribution < 1.29 is 14.8 Å². The molecule has 0 bridgehead atoms. The van der Waals surface area contributed by atoms with Crippen LogP contribution in [-0.4, -0.2) is 44.4 Å². The molecule has 110 valence electrons. The Morgan fingerprint density at radius 2 is 2.30 bits per heavy atom. The second-order valence-corrected chi connectivity index (χ2v) is 4.99. The molecule has 1 aromatic rings. The van der Waals surface area contributed by atoms with Crippen LogP contribution in [-0.2, 0) is 18.3 Å². The van der Waals surface area contributed by atoms with Gasteiger partial charge in [-0.2, -0.15) is 5.10 Å². The average Bonchev–Trinajstić information content (AvgIpc) is 2.90. The molecule has 1 fully saturated rings. The van der Waals surface area contributed by atoms with E-state index in [2.05, 4.69) is 5.10 Å². The minimum Gasteiger partial charge on any atom is -0.480 e. The highest BCUT2D eigenvalue weighted by molar-refractivity contribution is 5.81. The second kappa shape index (κ2) is 4.75. The summed E-state index contributed by atoms with van der Waals surface area (Å²) >= 11 is 0. The average molecular weight is 283 g/mol. The lowest BCUT2D eigenvalue weighted by molar-refractivity contribution is -0.384. The van der Waals surface area contributed by atoms with Gasteiger partial charge in [-0.1, -0.05) is 6.92 Å². The molecule has 0 amide bonds. The van der Waals surface area contributed by atoms with Crippen LogP contribution in [0.5, 0.6) is 0 Å². The Kier molecular flexibility index (Phi) is 3.38. The van der Waals surface area contributed by atoms with E-state index < -0.39 is 16.4 Å². The number of hydrogen-bond donors (Lipinski definition) is 2. The maximum absolute atomic E-state index is 11.2. The first-order valence-electron chi connectivity index (χ1n) is 6.27. The summed E-state index contributed by atoms with van der Waals surface area (Å²) in [5, 5.41) is 24.5. The first kappa shape index (κ1) is 14.3. The minimum atomic E-state index is -1.37. The maximum atomic E-state index is 11.2. The predicted molar refractivity (Wildman–Crippen MR) is 70.6 cm³/mol. The van der Waals surface area contributed by atoms with Crippen LogP contribution in [0.3, 0.4) is 0 Å². The zero-order chi connectivity index (χ0) is 15.1. The monoisotopic (exact) mass is 283 g/mol. The molecule has 9 heteroatoms. The highest BCUT2D eigenvalue weighted by atomic mass is 16.6. The van der Waals surface area contributed by atoms with E-state index in [9.17, 15) is 14.9 Å². The molecule has 1 aliphatic rings. The number of hydrogen-bond acceptors (Lipinski definition) is 6. The maximum Gasteiger partial charge on any atom is 0.334 e. The van der Waals surface area contributed by atoms with E-state index in [4.69, 9.17) is 10.8 Å². The number of nitrogens with zero attached hydrogens (tertiary/aromatic N) is 4. The topological polar surface area (TPSA) is 128 Å². The van der Waals surface area contributed by atoms with Gasteiger partial charge in [-0.3, -0.25) is 14.9 Å². The number of aliphatic carboxylic acids is 1. The molecule has 0 aromatic carbocycles. The normalized spacial score (nSPS) is 22.2. The highest BCUT2D eigenvalue weighted by Gasteiger charge is 2.44. The van der Waals surface area contributed by atoms with Gasteiger partial charge < -0.3 is 15.7 Å². The van der Waals surface area contributed by atoms with Crippen molar-refractivity contribution in [1.82, 2.24) is 9.78 Å². The van der Waals surface area contributed by atoms with E-state index in [0.717, 1.165) is 0 Å². The van der Waals surface area contributed by atoms with Crippen LogP contribution >= 0.6 is 0 Å². The van der Waals surface area contributed by atoms with Crippen molar-refractivity contribution in [1.29, 1.82) is 0 Å². The second-order valence-electron chi connectivity index (χ2n) is 4.99. The van der Waals surface area contributed by atoms with Gasteiger partial charge in [0, 0.05) is 20.1 Å². The molecule has 1 aliphatic heterocycles. The van der Waals surface area contributed by atoms with Crippen molar-refractivity contribution in [2.45, 2.75) is 25.3 Å². The van der Waals surface area contributed by atoms with Crippen molar-refractivity contribution in [2.75, 3.05) is 18.0 Å². The summed E-state index contributed by atoms with van der Waals surface area (Å²) in [6.45, 7) is 2.17. The lowest BCUT2D eigenvalue weighted by Crippen LogP contribution is -2.50. The number of anilines is 1. The smallest absolute Gasteiger partial charge is 0.334 e. The van der Waals surface area contributed by atoms with Crippen LogP contribution in [0, 0.1) is 10.1 Å². The van der Waals surface area contributed by atoms with E-state index >= 15 is 0 Å². The van der Waals surface area contributed by atoms with Crippen LogP contribution in [0.15, 0.2) is 0 Å². The summed E-state index contributed by atoms with van der Waals surface area (Å²) < 4.78 is 1.42. The molecule has 2 rings (SSSR count). The summed E-state index contributed by atoms with van der Waals surface area (Å²) in [7, 11) is 1.61. The van der Waals surface area contributed by atoms with Crippen molar-refractivity contribution in [2.24, 2.45) is 12.8 Å². The number of rotatable bonds is 4. The quantitative estimate of drug-likeness (QED) is 0.582. The Bertz CT molecular complexity index is 569. The summed E-state index contributed by atoms with van der Waals surface area (Å²) in [6, 6.07) is 0. The van der Waals surface area contributed by atoms with Gasteiger partial charge in [0.1, 0.15) is 11.2 Å². The predicted octanol–water partition coefficient (Wildman–Crippen LogP) is -0.117. The fourth-order valence-electron chi connectivity index (χ4n) is 2.53. The van der Waals surface area contributed by atoms with E-state index in [1.165, 1.54) is 4.68 Å². The molecule has 0 radical (unpaired) electrons. The van der Waals surface area contributed by atoms with Crippen molar-refractivity contribution >= 4 is 17.5 Å². The Labute approximate surface area is 115 Å². The van der Waals surface area contributed by atoms with Crippen molar-refractivity contribution in [3.63, 3.8) is 0 Å². The highest BCUT2D eigenvalue weighted by Crippen LogP contribution is 2.35. The third-order valence-corrected chi connectivity index (χ3v) is 3.61. The lowest BCUT2D eigenvalue weighted by atomic mass is 10.0. The van der Waals surface area contributed by atoms with E-state index in [-0.39, 0.29) is 18.7 Å². The fraction of sp³-hybridized carbons (Fsp3) is 0.636. The third kappa shape index (κ3) is 2.09. The third-order valence-electron chi connectivity index (χ3n) is 3.61. The molecular formula is C11H17N5O4. The van der Waals surface area contributed by atoms with Gasteiger partial charge in [-0.25, -0.2) is 4.68 Å². The molecule has 9 nitrogen and oxygen atoms in total. The lowest BCUT2D eigenvalue weighted by Gasteiger charge is -2.20. The van der Waals surface area contributed by atoms with Crippen molar-refractivity contribution in [3.8, 4) is 0 Å². The molecule has 1 aromatic heterocycles. The molecule has 1 atom stereocenters. The molecule has 2 heterocycles. The van der Waals surface area contributed by atoms with E-state index in [1.807, 2.05) is 0 Å². The first-order chi connectivity index (χ1) is 9.30. The number of carboxylic acid groups (broad SMARTS) is 1. The molecule has 1 unspecified atom stereocenters. The summed E-state index contributed by atoms with van der Waals surface area (Å²) in [6.07, 6.45) is 0.677. The zero-order valence-corrected chi connectivity index (χ0v) is 11.4. The van der Waals surface area contributed by atoms with Crippen molar-refractivity contribution in [3.05, 3.63) is 15.8 Å². The van der Waals surface area contributed by atoms with Crippen LogP contribution in [0.1, 0.15) is 19.0 Å². The van der Waals surface area contributed by atoms with Crippen LogP contribution in [0.25, 0.3) is 0 Å². The van der Waals surface area contributed by atoms with E-state index in [0.29, 0.717) is 24.5 Å². The molecule has 0 aliphatic carbocycles. The number of nitrogens with two attached hydrogens (primary N) is 1. The zero-order valence-electron chi connectivity index (χ0n) is 11.4. The Morgan fingerprint density at radius 3 is 2.75 bits per heavy atom. The number of carboxylic acids is 1. The van der Waals surface area contributed by atoms with Gasteiger partial charge in [-0.15, -0.1) is 0 Å². The Balaban J connectivity index is 2.42. The Hall–Kier alpha value is -2.16. The molecule has 3 N–H and O–H groups in total. The molecule has 0 spiro atoms. The van der Waals surface area contributed by atoms with Gasteiger partial charge >= 0.3 is 11.7 Å². The molecule has 1 saturated heterocycles. The molecule has 20 heavy (non-hydrogen) atoms.